The lowest BCUT2D eigenvalue weighted by molar-refractivity contribution is -0.177. The Labute approximate surface area is 210 Å². The molecule has 0 aliphatic carbocycles. The van der Waals surface area contributed by atoms with Gasteiger partial charge >= 0.3 is 0 Å². The van der Waals surface area contributed by atoms with Crippen LogP contribution in [0.2, 0.25) is 0 Å². The summed E-state index contributed by atoms with van der Waals surface area (Å²) in [4.78, 5) is 0. The van der Waals surface area contributed by atoms with Gasteiger partial charge in [-0.3, -0.25) is 0 Å². The summed E-state index contributed by atoms with van der Waals surface area (Å²) in [5, 5.41) is 8.91. The number of ether oxygens (including phenoxy) is 10. The fraction of sp³-hybridized carbons (Fsp3) is 1.00. The van der Waals surface area contributed by atoms with Crippen molar-refractivity contribution in [1.82, 2.24) is 0 Å². The minimum Gasteiger partial charge on any atom is -0.394 e. The summed E-state index contributed by atoms with van der Waals surface area (Å²) < 4.78 is 56.8. The van der Waals surface area contributed by atoms with Gasteiger partial charge in [-0.15, -0.1) is 0 Å². The molecule has 11 nitrogen and oxygen atoms in total. The predicted octanol–water partition coefficient (Wildman–Crippen LogP) is 0.697. The Morgan fingerprint density at radius 2 is 1.03 bits per heavy atom. The van der Waals surface area contributed by atoms with E-state index in [2.05, 4.69) is 6.92 Å². The standard InChI is InChI=1S/C24H48O11/c1-2-3-5-32-21-24(35-20-19-26-6-4-25)22-33-17-15-30-13-11-28-9-7-27-8-10-29-12-14-31-16-18-34-23-24/h25H,2-23H2,1H3. The first-order chi connectivity index (χ1) is 17.3. The molecule has 11 heteroatoms. The normalized spacial score (nSPS) is 21.1. The van der Waals surface area contributed by atoms with Gasteiger partial charge in [0.2, 0.25) is 0 Å². The van der Waals surface area contributed by atoms with E-state index in [1.54, 1.807) is 0 Å². The number of hydrogen-bond acceptors (Lipinski definition) is 11. The molecule has 1 saturated heterocycles. The number of unbranched alkanes of at least 4 members (excludes halogenated alkanes) is 1. The maximum atomic E-state index is 8.91. The molecule has 1 fully saturated rings. The quantitative estimate of drug-likeness (QED) is 0.395. The van der Waals surface area contributed by atoms with E-state index in [1.165, 1.54) is 0 Å². The van der Waals surface area contributed by atoms with Crippen molar-refractivity contribution in [1.29, 1.82) is 0 Å². The summed E-state index contributed by atoms with van der Waals surface area (Å²) in [5.74, 6) is 0. The summed E-state index contributed by atoms with van der Waals surface area (Å²) in [6, 6.07) is 0. The monoisotopic (exact) mass is 512 g/mol. The lowest BCUT2D eigenvalue weighted by atomic mass is 10.1. The van der Waals surface area contributed by atoms with Crippen LogP contribution in [0.3, 0.4) is 0 Å². The zero-order valence-electron chi connectivity index (χ0n) is 21.6. The predicted molar refractivity (Wildman–Crippen MR) is 128 cm³/mol. The third kappa shape index (κ3) is 20.3. The second kappa shape index (κ2) is 25.2. The highest BCUT2D eigenvalue weighted by Crippen LogP contribution is 2.15. The Morgan fingerprint density at radius 3 is 1.46 bits per heavy atom. The molecule has 0 radical (unpaired) electrons. The summed E-state index contributed by atoms with van der Waals surface area (Å²) >= 11 is 0. The minimum atomic E-state index is -0.792. The largest absolute Gasteiger partial charge is 0.394 e. The van der Waals surface area contributed by atoms with Crippen LogP contribution >= 0.6 is 0 Å². The van der Waals surface area contributed by atoms with Crippen LogP contribution in [-0.2, 0) is 47.4 Å². The third-order valence-electron chi connectivity index (χ3n) is 4.84. The van der Waals surface area contributed by atoms with Crippen LogP contribution in [0.15, 0.2) is 0 Å². The maximum absolute atomic E-state index is 8.91. The molecule has 0 aromatic carbocycles. The second-order valence-corrected chi connectivity index (χ2v) is 7.94. The summed E-state index contributed by atoms with van der Waals surface area (Å²) in [6.07, 6.45) is 2.01. The molecule has 0 atom stereocenters. The molecule has 0 spiro atoms. The molecular weight excluding hydrogens is 464 g/mol. The molecule has 0 bridgehead atoms. The van der Waals surface area contributed by atoms with E-state index >= 15 is 0 Å². The summed E-state index contributed by atoms with van der Waals surface area (Å²) in [6.45, 7) is 10.3. The molecule has 1 N–H and O–H groups in total. The first-order valence-electron chi connectivity index (χ1n) is 12.8. The molecule has 1 aliphatic heterocycles. The van der Waals surface area contributed by atoms with E-state index in [4.69, 9.17) is 52.5 Å². The minimum absolute atomic E-state index is 0.0264. The topological polar surface area (TPSA) is 113 Å². The van der Waals surface area contributed by atoms with Crippen LogP contribution in [0.25, 0.3) is 0 Å². The van der Waals surface area contributed by atoms with Gasteiger partial charge in [0, 0.05) is 6.61 Å². The number of aliphatic hydroxyl groups is 1. The van der Waals surface area contributed by atoms with Gasteiger partial charge < -0.3 is 52.5 Å². The van der Waals surface area contributed by atoms with E-state index in [1.807, 2.05) is 0 Å². The molecule has 1 rings (SSSR count). The lowest BCUT2D eigenvalue weighted by Gasteiger charge is -2.33. The zero-order valence-corrected chi connectivity index (χ0v) is 21.6. The smallest absolute Gasteiger partial charge is 0.138 e. The Morgan fingerprint density at radius 1 is 0.571 bits per heavy atom. The Kier molecular flexibility index (Phi) is 23.5. The van der Waals surface area contributed by atoms with Gasteiger partial charge in [0.1, 0.15) is 5.60 Å². The van der Waals surface area contributed by atoms with Crippen LogP contribution in [0.4, 0.5) is 0 Å². The van der Waals surface area contributed by atoms with Crippen LogP contribution < -0.4 is 0 Å². The van der Waals surface area contributed by atoms with E-state index in [-0.39, 0.29) is 26.4 Å². The highest BCUT2D eigenvalue weighted by atomic mass is 16.6. The molecule has 0 unspecified atom stereocenters. The number of aliphatic hydroxyl groups excluding tert-OH is 1. The van der Waals surface area contributed by atoms with Gasteiger partial charge in [-0.1, -0.05) is 13.3 Å². The van der Waals surface area contributed by atoms with Gasteiger partial charge in [0.05, 0.1) is 126 Å². The van der Waals surface area contributed by atoms with Crippen molar-refractivity contribution >= 4 is 0 Å². The van der Waals surface area contributed by atoms with E-state index in [0.717, 1.165) is 12.8 Å². The Balaban J connectivity index is 2.58. The Hall–Kier alpha value is -0.440. The first-order valence-corrected chi connectivity index (χ1v) is 12.8. The molecule has 210 valence electrons. The maximum Gasteiger partial charge on any atom is 0.138 e. The third-order valence-corrected chi connectivity index (χ3v) is 4.84. The van der Waals surface area contributed by atoms with Crippen molar-refractivity contribution in [3.8, 4) is 0 Å². The van der Waals surface area contributed by atoms with Crippen molar-refractivity contribution in [2.24, 2.45) is 0 Å². The van der Waals surface area contributed by atoms with Gasteiger partial charge in [-0.2, -0.15) is 0 Å². The molecule has 0 aromatic rings. The molecule has 0 amide bonds. The Bertz CT molecular complexity index is 406. The average molecular weight is 513 g/mol. The highest BCUT2D eigenvalue weighted by Gasteiger charge is 2.33. The van der Waals surface area contributed by atoms with E-state index in [9.17, 15) is 0 Å². The summed E-state index contributed by atoms with van der Waals surface area (Å²) in [5.41, 5.74) is -0.792. The number of rotatable bonds is 11. The van der Waals surface area contributed by atoms with Gasteiger partial charge in [-0.05, 0) is 6.42 Å². The van der Waals surface area contributed by atoms with E-state index in [0.29, 0.717) is 106 Å². The number of hydrogen-bond donors (Lipinski definition) is 1. The van der Waals surface area contributed by atoms with Crippen LogP contribution in [-0.4, -0.2) is 143 Å². The molecule has 0 aromatic heterocycles. The van der Waals surface area contributed by atoms with Crippen molar-refractivity contribution < 1.29 is 52.5 Å². The van der Waals surface area contributed by atoms with Crippen LogP contribution in [0.5, 0.6) is 0 Å². The van der Waals surface area contributed by atoms with Crippen LogP contribution in [0, 0.1) is 0 Å². The molecule has 1 aliphatic rings. The SMILES string of the molecule is CCCCOCC1(OCCOCCO)COCCOCCOCCOCCOCCOCCOC1. The van der Waals surface area contributed by atoms with Crippen molar-refractivity contribution in [2.45, 2.75) is 25.4 Å². The van der Waals surface area contributed by atoms with E-state index < -0.39 is 5.60 Å². The van der Waals surface area contributed by atoms with Crippen molar-refractivity contribution in [2.75, 3.05) is 132 Å². The second-order valence-electron chi connectivity index (χ2n) is 7.94. The molecule has 0 saturated carbocycles. The molecule has 1 heterocycles. The zero-order chi connectivity index (χ0) is 25.1. The average Bonchev–Trinajstić information content (AvgIpc) is 2.87. The van der Waals surface area contributed by atoms with Crippen LogP contribution in [0.1, 0.15) is 19.8 Å². The summed E-state index contributed by atoms with van der Waals surface area (Å²) in [7, 11) is 0. The van der Waals surface area contributed by atoms with Gasteiger partial charge in [0.15, 0.2) is 0 Å². The fourth-order valence-corrected chi connectivity index (χ4v) is 2.97. The molecule has 35 heavy (non-hydrogen) atoms. The van der Waals surface area contributed by atoms with Gasteiger partial charge in [-0.25, -0.2) is 0 Å². The van der Waals surface area contributed by atoms with Crippen molar-refractivity contribution in [3.05, 3.63) is 0 Å². The fourth-order valence-electron chi connectivity index (χ4n) is 2.97. The van der Waals surface area contributed by atoms with Gasteiger partial charge in [0.25, 0.3) is 0 Å². The highest BCUT2D eigenvalue weighted by molar-refractivity contribution is 4.81. The van der Waals surface area contributed by atoms with Crippen molar-refractivity contribution in [3.63, 3.8) is 0 Å². The lowest BCUT2D eigenvalue weighted by Crippen LogP contribution is -2.48. The molecular formula is C24H48O11. The first kappa shape index (κ1) is 32.6.